The number of carbonyl (C=O) groups excluding carboxylic acids is 1. The van der Waals surface area contributed by atoms with Crippen LogP contribution in [0.3, 0.4) is 0 Å². The van der Waals surface area contributed by atoms with Gasteiger partial charge in [-0.05, 0) is 31.0 Å². The Morgan fingerprint density at radius 3 is 3.19 bits per heavy atom. The summed E-state index contributed by atoms with van der Waals surface area (Å²) in [6.07, 6.45) is 5.88. The lowest BCUT2D eigenvalue weighted by Gasteiger charge is -2.32. The van der Waals surface area contributed by atoms with E-state index in [1.165, 1.54) is 0 Å². The molecule has 3 aromatic rings. The van der Waals surface area contributed by atoms with Crippen LogP contribution in [0.5, 0.6) is 0 Å². The van der Waals surface area contributed by atoms with Crippen LogP contribution in [-0.2, 0) is 11.3 Å². The summed E-state index contributed by atoms with van der Waals surface area (Å²) < 4.78 is 8.39. The highest BCUT2D eigenvalue weighted by Crippen LogP contribution is 2.28. The Labute approximate surface area is 156 Å². The van der Waals surface area contributed by atoms with E-state index in [4.69, 9.17) is 4.74 Å². The minimum Gasteiger partial charge on any atom is -0.383 e. The van der Waals surface area contributed by atoms with Gasteiger partial charge in [-0.3, -0.25) is 4.79 Å². The molecule has 0 N–H and O–H groups in total. The number of fused-ring (bicyclic) bond motifs is 1. The van der Waals surface area contributed by atoms with Gasteiger partial charge in [0.1, 0.15) is 5.82 Å². The van der Waals surface area contributed by atoms with Gasteiger partial charge in [-0.1, -0.05) is 0 Å². The van der Waals surface area contributed by atoms with Crippen LogP contribution >= 0.6 is 11.3 Å². The molecular weight excluding hydrogens is 348 g/mol. The molecule has 1 fully saturated rings. The van der Waals surface area contributed by atoms with Crippen LogP contribution in [0, 0.1) is 0 Å². The maximum Gasteiger partial charge on any atom is 0.253 e. The molecule has 136 valence electrons. The molecule has 0 bridgehead atoms. The van der Waals surface area contributed by atoms with Gasteiger partial charge in [-0.2, -0.15) is 0 Å². The van der Waals surface area contributed by atoms with Crippen molar-refractivity contribution in [3.63, 3.8) is 0 Å². The number of nitrogens with zero attached hydrogens (tertiary/aromatic N) is 4. The molecule has 1 atom stereocenters. The van der Waals surface area contributed by atoms with Crippen molar-refractivity contribution in [1.29, 1.82) is 0 Å². The Morgan fingerprint density at radius 2 is 2.31 bits per heavy atom. The quantitative estimate of drug-likeness (QED) is 0.692. The lowest BCUT2D eigenvalue weighted by atomic mass is 9.96. The summed E-state index contributed by atoms with van der Waals surface area (Å²) >= 11 is 1.57. The van der Waals surface area contributed by atoms with Crippen molar-refractivity contribution in [1.82, 2.24) is 19.4 Å². The van der Waals surface area contributed by atoms with Crippen molar-refractivity contribution in [3.8, 4) is 0 Å². The number of aromatic nitrogens is 3. The summed E-state index contributed by atoms with van der Waals surface area (Å²) in [7, 11) is 1.71. The van der Waals surface area contributed by atoms with E-state index in [1.807, 2.05) is 41.0 Å². The number of rotatable bonds is 5. The van der Waals surface area contributed by atoms with E-state index in [9.17, 15) is 4.79 Å². The van der Waals surface area contributed by atoms with Gasteiger partial charge in [-0.25, -0.2) is 9.97 Å². The van der Waals surface area contributed by atoms with Crippen molar-refractivity contribution >= 4 is 27.5 Å². The van der Waals surface area contributed by atoms with Crippen LogP contribution in [0.15, 0.2) is 36.1 Å². The summed E-state index contributed by atoms with van der Waals surface area (Å²) in [6.45, 7) is 2.96. The second-order valence-electron chi connectivity index (χ2n) is 6.60. The van der Waals surface area contributed by atoms with Crippen LogP contribution in [0.25, 0.3) is 10.2 Å². The third kappa shape index (κ3) is 3.37. The van der Waals surface area contributed by atoms with E-state index in [1.54, 1.807) is 18.4 Å². The van der Waals surface area contributed by atoms with Gasteiger partial charge in [0.2, 0.25) is 0 Å². The fourth-order valence-electron chi connectivity index (χ4n) is 3.60. The minimum absolute atomic E-state index is 0.0972. The molecule has 0 spiro atoms. The number of hydrogen-bond donors (Lipinski definition) is 0. The van der Waals surface area contributed by atoms with E-state index in [0.29, 0.717) is 13.2 Å². The zero-order chi connectivity index (χ0) is 17.9. The maximum atomic E-state index is 13.0. The fourth-order valence-corrected chi connectivity index (χ4v) is 4.32. The first kappa shape index (κ1) is 17.2. The summed E-state index contributed by atoms with van der Waals surface area (Å²) in [4.78, 5) is 23.8. The second-order valence-corrected chi connectivity index (χ2v) is 7.48. The first-order chi connectivity index (χ1) is 12.8. The molecule has 26 heavy (non-hydrogen) atoms. The van der Waals surface area contributed by atoms with E-state index < -0.39 is 0 Å². The largest absolute Gasteiger partial charge is 0.383 e. The summed E-state index contributed by atoms with van der Waals surface area (Å²) in [5, 5.41) is 0. The molecule has 1 aliphatic rings. The average molecular weight is 370 g/mol. The third-order valence-electron chi connectivity index (χ3n) is 4.94. The molecule has 0 unspecified atom stereocenters. The Kier molecular flexibility index (Phi) is 4.99. The molecule has 0 radical (unpaired) electrons. The normalized spacial score (nSPS) is 17.7. The Balaban J connectivity index is 1.51. The zero-order valence-corrected chi connectivity index (χ0v) is 15.6. The number of ether oxygens (including phenoxy) is 1. The van der Waals surface area contributed by atoms with Crippen molar-refractivity contribution in [2.45, 2.75) is 25.3 Å². The fraction of sp³-hybridized carbons (Fsp3) is 0.421. The number of thiazole rings is 1. The summed E-state index contributed by atoms with van der Waals surface area (Å²) in [6, 6.07) is 5.77. The molecule has 3 heterocycles. The number of amides is 1. The topological polar surface area (TPSA) is 60.2 Å². The van der Waals surface area contributed by atoms with Crippen LogP contribution in [-0.4, -0.2) is 52.1 Å². The van der Waals surface area contributed by atoms with E-state index in [-0.39, 0.29) is 11.8 Å². The number of hydrogen-bond acceptors (Lipinski definition) is 5. The van der Waals surface area contributed by atoms with Crippen molar-refractivity contribution in [2.75, 3.05) is 26.8 Å². The highest BCUT2D eigenvalue weighted by atomic mass is 32.1. The number of likely N-dealkylation sites (tertiary alicyclic amines) is 1. The number of methoxy groups -OCH3 is 1. The minimum atomic E-state index is 0.0972. The Bertz CT molecular complexity index is 904. The van der Waals surface area contributed by atoms with Gasteiger partial charge in [0.25, 0.3) is 5.91 Å². The third-order valence-corrected chi connectivity index (χ3v) is 5.73. The summed E-state index contributed by atoms with van der Waals surface area (Å²) in [5.41, 5.74) is 3.50. The van der Waals surface area contributed by atoms with Crippen LogP contribution in [0.2, 0.25) is 0 Å². The Hall–Kier alpha value is -2.25. The maximum absolute atomic E-state index is 13.0. The molecule has 1 aromatic carbocycles. The lowest BCUT2D eigenvalue weighted by molar-refractivity contribution is 0.0702. The average Bonchev–Trinajstić information content (AvgIpc) is 3.34. The summed E-state index contributed by atoms with van der Waals surface area (Å²) in [5.74, 6) is 1.42. The van der Waals surface area contributed by atoms with E-state index in [0.717, 1.165) is 47.5 Å². The van der Waals surface area contributed by atoms with Crippen molar-refractivity contribution in [3.05, 3.63) is 47.5 Å². The monoisotopic (exact) mass is 370 g/mol. The van der Waals surface area contributed by atoms with Gasteiger partial charge in [0, 0.05) is 50.6 Å². The second kappa shape index (κ2) is 7.55. The molecule has 4 rings (SSSR count). The molecule has 2 aromatic heterocycles. The van der Waals surface area contributed by atoms with Gasteiger partial charge >= 0.3 is 0 Å². The highest BCUT2D eigenvalue weighted by Gasteiger charge is 2.28. The lowest BCUT2D eigenvalue weighted by Crippen LogP contribution is -2.39. The van der Waals surface area contributed by atoms with Gasteiger partial charge in [-0.15, -0.1) is 11.3 Å². The van der Waals surface area contributed by atoms with Crippen LogP contribution < -0.4 is 0 Å². The molecule has 1 amide bonds. The smallest absolute Gasteiger partial charge is 0.253 e. The highest BCUT2D eigenvalue weighted by molar-refractivity contribution is 7.16. The van der Waals surface area contributed by atoms with Gasteiger partial charge in [0.15, 0.2) is 0 Å². The van der Waals surface area contributed by atoms with Crippen molar-refractivity contribution in [2.24, 2.45) is 0 Å². The predicted octanol–water partition coefficient (Wildman–Crippen LogP) is 3.16. The molecule has 1 aliphatic heterocycles. The number of imidazole rings is 1. The first-order valence-corrected chi connectivity index (χ1v) is 9.76. The molecule has 7 heteroatoms. The standard InChI is InChI=1S/C19H22N4O2S/c1-25-10-9-22-8-6-20-18(22)15-3-2-7-23(12-15)19(24)14-4-5-16-17(11-14)26-13-21-16/h4-6,8,11,13,15H,2-3,7,9-10,12H2,1H3/t15-/m1/s1. The molecular formula is C19H22N4O2S. The molecule has 0 saturated carbocycles. The number of piperidine rings is 1. The number of carbonyl (C=O) groups is 1. The van der Waals surface area contributed by atoms with Crippen molar-refractivity contribution < 1.29 is 9.53 Å². The Morgan fingerprint density at radius 1 is 1.38 bits per heavy atom. The zero-order valence-electron chi connectivity index (χ0n) is 14.8. The molecule has 0 aliphatic carbocycles. The van der Waals surface area contributed by atoms with E-state index in [2.05, 4.69) is 14.5 Å². The SMILES string of the molecule is COCCn1ccnc1[C@@H]1CCCN(C(=O)c2ccc3ncsc3c2)C1. The predicted molar refractivity (Wildman–Crippen MR) is 102 cm³/mol. The van der Waals surface area contributed by atoms with Crippen LogP contribution in [0.1, 0.15) is 34.9 Å². The van der Waals surface area contributed by atoms with Crippen LogP contribution in [0.4, 0.5) is 0 Å². The van der Waals surface area contributed by atoms with Gasteiger partial charge < -0.3 is 14.2 Å². The van der Waals surface area contributed by atoms with E-state index >= 15 is 0 Å². The van der Waals surface area contributed by atoms with Gasteiger partial charge in [0.05, 0.1) is 22.3 Å². The molecule has 1 saturated heterocycles. The molecule has 6 nitrogen and oxygen atoms in total. The number of benzene rings is 1. The first-order valence-electron chi connectivity index (χ1n) is 8.89.